The highest BCUT2D eigenvalue weighted by atomic mass is 32.2. The molecule has 3 aliphatic rings. The lowest BCUT2D eigenvalue weighted by molar-refractivity contribution is 0.0593. The van der Waals surface area contributed by atoms with Gasteiger partial charge in [0.05, 0.1) is 0 Å². The number of carbonyl (C=O) groups is 1. The molecule has 1 aliphatic heterocycles. The van der Waals surface area contributed by atoms with E-state index in [-0.39, 0.29) is 28.9 Å². The van der Waals surface area contributed by atoms with Gasteiger partial charge in [0.25, 0.3) is 5.91 Å². The number of carbonyl (C=O) groups excluding carboxylic acids is 1. The van der Waals surface area contributed by atoms with Crippen LogP contribution in [0.15, 0.2) is 71.6 Å². The smallest absolute Gasteiger partial charge is 0.253 e. The summed E-state index contributed by atoms with van der Waals surface area (Å²) in [5.41, 5.74) is 5.35. The van der Waals surface area contributed by atoms with Crippen LogP contribution in [-0.4, -0.2) is 74.1 Å². The molecule has 9 heteroatoms. The minimum atomic E-state index is -3.59. The quantitative estimate of drug-likeness (QED) is 0.308. The third-order valence-corrected chi connectivity index (χ3v) is 11.3. The Balaban J connectivity index is 0.919. The molecule has 45 heavy (non-hydrogen) atoms. The molecule has 1 saturated heterocycles. The van der Waals surface area contributed by atoms with Crippen molar-refractivity contribution in [1.29, 1.82) is 0 Å². The van der Waals surface area contributed by atoms with Crippen LogP contribution in [0.4, 0.5) is 0 Å². The number of piperidine rings is 1. The molecule has 6 rings (SSSR count). The third-order valence-electron chi connectivity index (χ3n) is 10.1. The predicted molar refractivity (Wildman–Crippen MR) is 174 cm³/mol. The van der Waals surface area contributed by atoms with Crippen molar-refractivity contribution in [3.05, 3.63) is 89.0 Å². The van der Waals surface area contributed by atoms with E-state index in [1.165, 1.54) is 34.9 Å². The van der Waals surface area contributed by atoms with Gasteiger partial charge in [0.2, 0.25) is 0 Å². The molecule has 240 valence electrons. The summed E-state index contributed by atoms with van der Waals surface area (Å²) in [5.74, 6) is 0.551. The molecule has 0 bridgehead atoms. The number of ether oxygens (including phenoxy) is 1. The number of aliphatic hydroxyl groups excluding tert-OH is 1. The second kappa shape index (κ2) is 13.1. The Kier molecular flexibility index (Phi) is 9.22. The first-order valence-electron chi connectivity index (χ1n) is 16.1. The summed E-state index contributed by atoms with van der Waals surface area (Å²) < 4.78 is 29.2. The van der Waals surface area contributed by atoms with Crippen molar-refractivity contribution in [1.82, 2.24) is 10.2 Å². The zero-order chi connectivity index (χ0) is 31.6. The van der Waals surface area contributed by atoms with Crippen molar-refractivity contribution in [2.45, 2.75) is 74.3 Å². The molecule has 3 aromatic carbocycles. The Morgan fingerprint density at radius 3 is 2.24 bits per heavy atom. The number of sulfone groups is 1. The van der Waals surface area contributed by atoms with E-state index in [1.54, 1.807) is 0 Å². The summed E-state index contributed by atoms with van der Waals surface area (Å²) in [5, 5.41) is 23.7. The SMILES string of the molecule is CS(=O)(=O)c1cc(OC[C@@H](O)CN[C@H]2CC[C@H](c3ccc(C(=O)N4CCC5(CC4)Cc4ccccc4C5)cc3)CC2)ccc1O. The fourth-order valence-electron chi connectivity index (χ4n) is 7.46. The number of likely N-dealkylation sites (tertiary alicyclic amines) is 1. The van der Waals surface area contributed by atoms with E-state index < -0.39 is 15.9 Å². The standard InChI is InChI=1S/C36H44N2O6S/c1-45(42,43)34-20-32(14-15-33(34)40)44-24-31(39)23-37-30-12-10-26(11-13-30)25-6-8-27(9-7-25)35(41)38-18-16-36(17-19-38)21-28-4-2-3-5-29(28)22-36/h2-9,14-15,20,26,30-31,37,39-40H,10-13,16-19,21-24H2,1H3/t26-,30-,31-/m0/s1. The molecule has 3 N–H and O–H groups in total. The third kappa shape index (κ3) is 7.37. The molecule has 3 aromatic rings. The van der Waals surface area contributed by atoms with Crippen LogP contribution in [-0.2, 0) is 22.7 Å². The number of fused-ring (bicyclic) bond motifs is 1. The van der Waals surface area contributed by atoms with Gasteiger partial charge in [-0.2, -0.15) is 0 Å². The maximum absolute atomic E-state index is 13.3. The molecular weight excluding hydrogens is 588 g/mol. The highest BCUT2D eigenvalue weighted by molar-refractivity contribution is 7.90. The zero-order valence-corrected chi connectivity index (χ0v) is 26.8. The van der Waals surface area contributed by atoms with Crippen LogP contribution in [0.5, 0.6) is 11.5 Å². The Labute approximate surface area is 266 Å². The number of hydrogen-bond acceptors (Lipinski definition) is 7. The summed E-state index contributed by atoms with van der Waals surface area (Å²) in [6.07, 6.45) is 8.74. The number of rotatable bonds is 9. The molecule has 2 fully saturated rings. The minimum absolute atomic E-state index is 0.00789. The molecule has 1 atom stereocenters. The minimum Gasteiger partial charge on any atom is -0.507 e. The van der Waals surface area contributed by atoms with Gasteiger partial charge in [-0.15, -0.1) is 0 Å². The number of nitrogens with zero attached hydrogens (tertiary/aromatic N) is 1. The average Bonchev–Trinajstić information content (AvgIpc) is 3.40. The van der Waals surface area contributed by atoms with E-state index in [4.69, 9.17) is 4.74 Å². The van der Waals surface area contributed by atoms with Gasteiger partial charge in [-0.05, 0) is 104 Å². The molecule has 1 amide bonds. The second-order valence-corrected chi connectivity index (χ2v) is 15.3. The molecule has 2 aliphatic carbocycles. The molecule has 0 aromatic heterocycles. The Morgan fingerprint density at radius 2 is 1.62 bits per heavy atom. The van der Waals surface area contributed by atoms with Crippen LogP contribution in [0.2, 0.25) is 0 Å². The van der Waals surface area contributed by atoms with Crippen LogP contribution in [0, 0.1) is 5.41 Å². The summed E-state index contributed by atoms with van der Waals surface area (Å²) >= 11 is 0. The number of benzene rings is 3. The fraction of sp³-hybridized carbons (Fsp3) is 0.472. The summed E-state index contributed by atoms with van der Waals surface area (Å²) in [6.45, 7) is 2.03. The first kappa shape index (κ1) is 31.6. The lowest BCUT2D eigenvalue weighted by atomic mass is 9.76. The van der Waals surface area contributed by atoms with Gasteiger partial charge < -0.3 is 25.2 Å². The summed E-state index contributed by atoms with van der Waals surface area (Å²) in [6, 6.07) is 21.4. The van der Waals surface area contributed by atoms with Crippen LogP contribution < -0.4 is 10.1 Å². The van der Waals surface area contributed by atoms with Crippen LogP contribution in [0.1, 0.15) is 71.5 Å². The van der Waals surface area contributed by atoms with Gasteiger partial charge >= 0.3 is 0 Å². The number of phenolic OH excluding ortho intramolecular Hbond substituents is 1. The molecule has 1 spiro atoms. The Bertz CT molecular complexity index is 1580. The van der Waals surface area contributed by atoms with E-state index in [2.05, 4.69) is 41.7 Å². The first-order valence-corrected chi connectivity index (χ1v) is 18.0. The van der Waals surface area contributed by atoms with Crippen molar-refractivity contribution < 1.29 is 28.2 Å². The molecule has 1 saturated carbocycles. The number of aliphatic hydroxyl groups is 1. The maximum atomic E-state index is 13.3. The normalized spacial score (nSPS) is 21.8. The van der Waals surface area contributed by atoms with Crippen LogP contribution in [0.3, 0.4) is 0 Å². The van der Waals surface area contributed by atoms with E-state index in [9.17, 15) is 23.4 Å². The van der Waals surface area contributed by atoms with Crippen molar-refractivity contribution in [3.63, 3.8) is 0 Å². The van der Waals surface area contributed by atoms with Crippen LogP contribution in [0.25, 0.3) is 0 Å². The van der Waals surface area contributed by atoms with E-state index in [0.717, 1.165) is 76.3 Å². The number of aromatic hydroxyl groups is 1. The van der Waals surface area contributed by atoms with E-state index >= 15 is 0 Å². The molecule has 1 heterocycles. The maximum Gasteiger partial charge on any atom is 0.253 e. The van der Waals surface area contributed by atoms with Crippen LogP contribution >= 0.6 is 0 Å². The van der Waals surface area contributed by atoms with Crippen molar-refractivity contribution >= 4 is 15.7 Å². The molecular formula is C36H44N2O6S. The molecule has 0 unspecified atom stereocenters. The predicted octanol–water partition coefficient (Wildman–Crippen LogP) is 4.87. The van der Waals surface area contributed by atoms with Crippen molar-refractivity contribution in [3.8, 4) is 11.5 Å². The van der Waals surface area contributed by atoms with E-state index in [1.807, 2.05) is 17.0 Å². The van der Waals surface area contributed by atoms with Gasteiger partial charge in [-0.1, -0.05) is 36.4 Å². The van der Waals surface area contributed by atoms with Gasteiger partial charge in [0, 0.05) is 43.6 Å². The summed E-state index contributed by atoms with van der Waals surface area (Å²) in [4.78, 5) is 15.2. The first-order chi connectivity index (χ1) is 21.6. The fourth-order valence-corrected chi connectivity index (χ4v) is 8.24. The number of phenols is 1. The zero-order valence-electron chi connectivity index (χ0n) is 26.0. The molecule has 0 radical (unpaired) electrons. The second-order valence-electron chi connectivity index (χ2n) is 13.4. The Morgan fingerprint density at radius 1 is 0.978 bits per heavy atom. The van der Waals surface area contributed by atoms with Gasteiger partial charge in [0.15, 0.2) is 9.84 Å². The number of hydrogen-bond donors (Lipinski definition) is 3. The lowest BCUT2D eigenvalue weighted by Gasteiger charge is -2.39. The molecule has 8 nitrogen and oxygen atoms in total. The van der Waals surface area contributed by atoms with E-state index in [0.29, 0.717) is 23.9 Å². The monoisotopic (exact) mass is 632 g/mol. The highest BCUT2D eigenvalue weighted by Crippen LogP contribution is 2.44. The number of amides is 1. The lowest BCUT2D eigenvalue weighted by Crippen LogP contribution is -2.43. The average molecular weight is 633 g/mol. The van der Waals surface area contributed by atoms with Gasteiger partial charge in [-0.25, -0.2) is 8.42 Å². The van der Waals surface area contributed by atoms with Gasteiger partial charge in [-0.3, -0.25) is 4.79 Å². The summed E-state index contributed by atoms with van der Waals surface area (Å²) in [7, 11) is -3.59. The largest absolute Gasteiger partial charge is 0.507 e. The number of nitrogens with one attached hydrogen (secondary N) is 1. The highest BCUT2D eigenvalue weighted by Gasteiger charge is 2.40. The topological polar surface area (TPSA) is 116 Å². The van der Waals surface area contributed by atoms with Gasteiger partial charge in [0.1, 0.15) is 29.1 Å². The van der Waals surface area contributed by atoms with Crippen molar-refractivity contribution in [2.24, 2.45) is 5.41 Å². The Hall–Kier alpha value is -3.40. The van der Waals surface area contributed by atoms with Crippen molar-refractivity contribution in [2.75, 3.05) is 32.5 Å².